The first-order valence-electron chi connectivity index (χ1n) is 8.88. The van der Waals surface area contributed by atoms with Gasteiger partial charge in [-0.25, -0.2) is 13.2 Å². The summed E-state index contributed by atoms with van der Waals surface area (Å²) < 4.78 is 31.7. The number of benzene rings is 1. The highest BCUT2D eigenvalue weighted by molar-refractivity contribution is 7.89. The number of cyclic esters (lactones) is 1. The lowest BCUT2D eigenvalue weighted by Gasteiger charge is -2.33. The number of aliphatic hydroxyl groups excluding tert-OH is 1. The van der Waals surface area contributed by atoms with E-state index < -0.39 is 27.8 Å². The number of aliphatic hydroxyl groups is 1. The molecule has 0 radical (unpaired) electrons. The number of hydrogen-bond acceptors (Lipinski definition) is 5. The molecule has 1 aliphatic heterocycles. The molecule has 0 aromatic heterocycles. The van der Waals surface area contributed by atoms with Crippen LogP contribution >= 0.6 is 0 Å². The van der Waals surface area contributed by atoms with E-state index in [4.69, 9.17) is 4.74 Å². The highest BCUT2D eigenvalue weighted by atomic mass is 32.2. The van der Waals surface area contributed by atoms with Crippen LogP contribution in [0.4, 0.5) is 4.79 Å². The minimum Gasteiger partial charge on any atom is -0.446 e. The van der Waals surface area contributed by atoms with E-state index in [-0.39, 0.29) is 11.5 Å². The molecule has 0 unspecified atom stereocenters. The predicted molar refractivity (Wildman–Crippen MR) is 102 cm³/mol. The largest absolute Gasteiger partial charge is 0.446 e. The van der Waals surface area contributed by atoms with Crippen LogP contribution < -0.4 is 0 Å². The molecule has 1 aromatic carbocycles. The number of carbonyl (C=O) groups is 1. The Balaban J connectivity index is 2.38. The van der Waals surface area contributed by atoms with Crippen LogP contribution in [0.15, 0.2) is 41.8 Å². The van der Waals surface area contributed by atoms with Crippen LogP contribution in [0.5, 0.6) is 0 Å². The van der Waals surface area contributed by atoms with E-state index >= 15 is 0 Å². The fraction of sp³-hybridized carbons (Fsp3) is 0.450. The molecule has 1 aromatic rings. The molecule has 1 amide bonds. The van der Waals surface area contributed by atoms with Gasteiger partial charge in [0.1, 0.15) is 12.7 Å². The van der Waals surface area contributed by atoms with E-state index in [9.17, 15) is 18.3 Å². The normalized spacial score (nSPS) is 20.6. The number of ether oxygens (including phenoxy) is 1. The third-order valence-electron chi connectivity index (χ3n) is 4.50. The van der Waals surface area contributed by atoms with Gasteiger partial charge in [0.2, 0.25) is 0 Å². The molecule has 2 atom stereocenters. The number of hydrogen-bond donors (Lipinski definition) is 1. The summed E-state index contributed by atoms with van der Waals surface area (Å²) in [5.74, 6) is 5.51. The number of sulfonamides is 1. The third-order valence-corrected chi connectivity index (χ3v) is 6.34. The van der Waals surface area contributed by atoms with E-state index in [0.29, 0.717) is 10.7 Å². The topological polar surface area (TPSA) is 83.9 Å². The average Bonchev–Trinajstić information content (AvgIpc) is 3.00. The number of nitrogens with zero attached hydrogens (tertiary/aromatic N) is 1. The second-order valence-electron chi connectivity index (χ2n) is 6.51. The van der Waals surface area contributed by atoms with Crippen molar-refractivity contribution in [3.8, 4) is 11.8 Å². The Labute approximate surface area is 160 Å². The van der Waals surface area contributed by atoms with E-state index in [0.717, 1.165) is 24.8 Å². The van der Waals surface area contributed by atoms with Crippen molar-refractivity contribution in [1.29, 1.82) is 0 Å². The molecule has 2 rings (SSSR count). The van der Waals surface area contributed by atoms with Crippen molar-refractivity contribution in [3.63, 3.8) is 0 Å². The van der Waals surface area contributed by atoms with Gasteiger partial charge in [-0.15, -0.1) is 12.5 Å². The second-order valence-corrected chi connectivity index (χ2v) is 8.30. The van der Waals surface area contributed by atoms with Crippen LogP contribution in [0.3, 0.4) is 0 Å². The number of aryl methyl sites for hydroxylation is 1. The highest BCUT2D eigenvalue weighted by Gasteiger charge is 2.56. The monoisotopic (exact) mass is 391 g/mol. The Morgan fingerprint density at radius 2 is 2.04 bits per heavy atom. The number of rotatable bonds is 7. The minimum absolute atomic E-state index is 0.0683. The van der Waals surface area contributed by atoms with Crippen LogP contribution in [0.25, 0.3) is 0 Å². The molecule has 1 N–H and O–H groups in total. The summed E-state index contributed by atoms with van der Waals surface area (Å²) in [4.78, 5) is 12.2. The van der Waals surface area contributed by atoms with Crippen molar-refractivity contribution in [2.75, 3.05) is 6.61 Å². The van der Waals surface area contributed by atoms with Crippen LogP contribution in [0.2, 0.25) is 0 Å². The molecular weight excluding hydrogens is 366 g/mol. The SMILES string of the molecule is C=C[C@]1([C@H](O)C#CCCCCC)COC(=O)N1S(=O)(=O)c1ccc(C)cc1. The summed E-state index contributed by atoms with van der Waals surface area (Å²) in [5.41, 5.74) is -0.788. The molecule has 1 fully saturated rings. The van der Waals surface area contributed by atoms with Gasteiger partial charge in [0.25, 0.3) is 10.0 Å². The summed E-state index contributed by atoms with van der Waals surface area (Å²) >= 11 is 0. The summed E-state index contributed by atoms with van der Waals surface area (Å²) in [6.45, 7) is 7.19. The number of carbonyl (C=O) groups excluding carboxylic acids is 1. The van der Waals surface area contributed by atoms with E-state index in [2.05, 4.69) is 25.3 Å². The molecule has 0 bridgehead atoms. The first-order chi connectivity index (χ1) is 12.8. The van der Waals surface area contributed by atoms with E-state index in [1.54, 1.807) is 12.1 Å². The number of unbranched alkanes of at least 4 members (excludes halogenated alkanes) is 3. The highest BCUT2D eigenvalue weighted by Crippen LogP contribution is 2.35. The van der Waals surface area contributed by atoms with Crippen molar-refractivity contribution >= 4 is 16.1 Å². The summed E-state index contributed by atoms with van der Waals surface area (Å²) in [5, 5.41) is 10.6. The van der Waals surface area contributed by atoms with Crippen LogP contribution in [-0.4, -0.2) is 42.2 Å². The van der Waals surface area contributed by atoms with Crippen LogP contribution in [0.1, 0.15) is 38.2 Å². The first kappa shape index (κ1) is 21.0. The Hall–Kier alpha value is -2.30. The molecule has 7 heteroatoms. The zero-order valence-corrected chi connectivity index (χ0v) is 16.5. The number of amides is 1. The van der Waals surface area contributed by atoms with Gasteiger partial charge in [-0.2, -0.15) is 4.31 Å². The lowest BCUT2D eigenvalue weighted by molar-refractivity contribution is 0.109. The molecule has 146 valence electrons. The van der Waals surface area contributed by atoms with Gasteiger partial charge in [-0.1, -0.05) is 49.5 Å². The molecule has 0 saturated carbocycles. The molecule has 1 saturated heterocycles. The maximum absolute atomic E-state index is 13.1. The van der Waals surface area contributed by atoms with Gasteiger partial charge >= 0.3 is 6.09 Å². The van der Waals surface area contributed by atoms with Gasteiger partial charge in [-0.3, -0.25) is 0 Å². The van der Waals surface area contributed by atoms with Crippen molar-refractivity contribution in [3.05, 3.63) is 42.5 Å². The lowest BCUT2D eigenvalue weighted by Crippen LogP contribution is -2.56. The molecule has 6 nitrogen and oxygen atoms in total. The summed E-state index contributed by atoms with van der Waals surface area (Å²) in [7, 11) is -4.25. The van der Waals surface area contributed by atoms with Crippen molar-refractivity contribution < 1.29 is 23.1 Å². The Kier molecular flexibility index (Phi) is 6.68. The van der Waals surface area contributed by atoms with Crippen LogP contribution in [0, 0.1) is 18.8 Å². The molecule has 0 aliphatic carbocycles. The predicted octanol–water partition coefficient (Wildman–Crippen LogP) is 3.01. The molecule has 27 heavy (non-hydrogen) atoms. The Bertz CT molecular complexity index is 851. The summed E-state index contributed by atoms with van der Waals surface area (Å²) in [6.07, 6.45) is 2.26. The smallest absolute Gasteiger partial charge is 0.425 e. The summed E-state index contributed by atoms with van der Waals surface area (Å²) in [6, 6.07) is 6.08. The quantitative estimate of drug-likeness (QED) is 0.439. The second kappa shape index (κ2) is 8.59. The fourth-order valence-corrected chi connectivity index (χ4v) is 4.42. The Morgan fingerprint density at radius 3 is 2.63 bits per heavy atom. The molecule has 1 heterocycles. The Morgan fingerprint density at radius 1 is 1.37 bits per heavy atom. The average molecular weight is 391 g/mol. The molecule has 1 aliphatic rings. The first-order valence-corrected chi connectivity index (χ1v) is 10.3. The maximum Gasteiger partial charge on any atom is 0.425 e. The third kappa shape index (κ3) is 4.18. The zero-order valence-electron chi connectivity index (χ0n) is 15.6. The zero-order chi connectivity index (χ0) is 20.1. The minimum atomic E-state index is -4.25. The van der Waals surface area contributed by atoms with Crippen LogP contribution in [-0.2, 0) is 14.8 Å². The van der Waals surface area contributed by atoms with Gasteiger partial charge in [0, 0.05) is 6.42 Å². The van der Waals surface area contributed by atoms with Crippen molar-refractivity contribution in [2.24, 2.45) is 0 Å². The van der Waals surface area contributed by atoms with Gasteiger partial charge in [0.15, 0.2) is 5.54 Å². The van der Waals surface area contributed by atoms with Gasteiger partial charge in [0.05, 0.1) is 4.90 Å². The molecular formula is C20H25NO5S. The lowest BCUT2D eigenvalue weighted by atomic mass is 9.94. The van der Waals surface area contributed by atoms with E-state index in [1.807, 2.05) is 6.92 Å². The van der Waals surface area contributed by atoms with E-state index in [1.165, 1.54) is 18.2 Å². The van der Waals surface area contributed by atoms with Gasteiger partial charge < -0.3 is 9.84 Å². The van der Waals surface area contributed by atoms with Crippen molar-refractivity contribution in [2.45, 2.75) is 56.1 Å². The standard InChI is InChI=1S/C20H25NO5S/c1-4-6-7-8-9-10-18(22)20(5-2)15-26-19(23)21(20)27(24,25)17-13-11-16(3)12-14-17/h5,11-14,18,22H,2,4,6-8,15H2,1,3H3/t18-,20-/m1/s1. The van der Waals surface area contributed by atoms with Crippen molar-refractivity contribution in [1.82, 2.24) is 4.31 Å². The molecule has 0 spiro atoms. The fourth-order valence-electron chi connectivity index (χ4n) is 2.80. The van der Waals surface area contributed by atoms with Gasteiger partial charge in [-0.05, 0) is 25.5 Å². The maximum atomic E-state index is 13.1.